The minimum atomic E-state index is -0.454. The van der Waals surface area contributed by atoms with E-state index in [9.17, 15) is 4.79 Å². The lowest BCUT2D eigenvalue weighted by atomic mass is 10.1. The SMILES string of the molecule is CSc1sc(C(=O)C(=N)N)cc1-c1nc(-c2ccc3c(c2)OCCO3)cs1. The number of nitrogens with one attached hydrogen (secondary N) is 1. The van der Waals surface area contributed by atoms with Crippen LogP contribution in [0.1, 0.15) is 9.67 Å². The first-order valence-electron chi connectivity index (χ1n) is 7.99. The standard InChI is InChI=1S/C18H15N3O3S3/c1-25-18-10(7-14(27-18)15(22)16(19)20)17-21-11(8-26-17)9-2-3-12-13(6-9)24-5-4-23-12/h2-3,6-8H,4-5H2,1H3,(H3,19,20). The largest absolute Gasteiger partial charge is 0.486 e. The Morgan fingerprint density at radius 3 is 2.78 bits per heavy atom. The van der Waals surface area contributed by atoms with E-state index in [1.807, 2.05) is 29.8 Å². The fourth-order valence-corrected chi connectivity index (χ4v) is 5.46. The molecule has 27 heavy (non-hydrogen) atoms. The van der Waals surface area contributed by atoms with Gasteiger partial charge in [0.15, 0.2) is 17.3 Å². The predicted molar refractivity (Wildman–Crippen MR) is 110 cm³/mol. The van der Waals surface area contributed by atoms with E-state index >= 15 is 0 Å². The second-order valence-corrected chi connectivity index (χ2v) is 8.64. The molecule has 4 rings (SSSR count). The molecule has 0 spiro atoms. The third-order valence-corrected chi connectivity index (χ3v) is 7.07. The Kier molecular flexibility index (Phi) is 4.90. The lowest BCUT2D eigenvalue weighted by Crippen LogP contribution is -2.21. The van der Waals surface area contributed by atoms with E-state index in [1.54, 1.807) is 17.8 Å². The van der Waals surface area contributed by atoms with Gasteiger partial charge in [-0.2, -0.15) is 0 Å². The maximum absolute atomic E-state index is 12.0. The van der Waals surface area contributed by atoms with Crippen molar-refractivity contribution in [1.29, 1.82) is 5.41 Å². The van der Waals surface area contributed by atoms with Crippen molar-refractivity contribution in [3.63, 3.8) is 0 Å². The maximum Gasteiger partial charge on any atom is 0.237 e. The van der Waals surface area contributed by atoms with E-state index in [-0.39, 0.29) is 0 Å². The van der Waals surface area contributed by atoms with Crippen LogP contribution in [0.3, 0.4) is 0 Å². The van der Waals surface area contributed by atoms with Crippen LogP contribution in [-0.4, -0.2) is 36.1 Å². The normalized spacial score (nSPS) is 12.8. The van der Waals surface area contributed by atoms with Gasteiger partial charge in [-0.25, -0.2) is 4.98 Å². The molecule has 9 heteroatoms. The molecule has 3 N–H and O–H groups in total. The fraction of sp³-hybridized carbons (Fsp3) is 0.167. The van der Waals surface area contributed by atoms with E-state index < -0.39 is 11.6 Å². The zero-order chi connectivity index (χ0) is 19.0. The lowest BCUT2D eigenvalue weighted by Gasteiger charge is -2.18. The van der Waals surface area contributed by atoms with Gasteiger partial charge in [0.25, 0.3) is 0 Å². The van der Waals surface area contributed by atoms with Crippen LogP contribution in [0.5, 0.6) is 11.5 Å². The van der Waals surface area contributed by atoms with Crippen molar-refractivity contribution >= 4 is 46.1 Å². The Bertz CT molecular complexity index is 1040. The van der Waals surface area contributed by atoms with Crippen LogP contribution < -0.4 is 15.2 Å². The van der Waals surface area contributed by atoms with Gasteiger partial charge in [-0.15, -0.1) is 34.4 Å². The van der Waals surface area contributed by atoms with Crippen molar-refractivity contribution in [3.8, 4) is 33.3 Å². The van der Waals surface area contributed by atoms with E-state index in [2.05, 4.69) is 0 Å². The summed E-state index contributed by atoms with van der Waals surface area (Å²) in [4.78, 5) is 17.2. The maximum atomic E-state index is 12.0. The molecule has 0 fully saturated rings. The van der Waals surface area contributed by atoms with Crippen molar-refractivity contribution in [2.75, 3.05) is 19.5 Å². The highest BCUT2D eigenvalue weighted by molar-refractivity contribution is 8.00. The van der Waals surface area contributed by atoms with Crippen LogP contribution in [-0.2, 0) is 0 Å². The molecule has 0 aliphatic carbocycles. The number of aromatic nitrogens is 1. The number of fused-ring (bicyclic) bond motifs is 1. The van der Waals surface area contributed by atoms with Crippen molar-refractivity contribution in [2.24, 2.45) is 5.73 Å². The molecule has 3 heterocycles. The van der Waals surface area contributed by atoms with Gasteiger partial charge in [-0.3, -0.25) is 10.2 Å². The van der Waals surface area contributed by atoms with Crippen LogP contribution in [0, 0.1) is 5.41 Å². The number of thioether (sulfide) groups is 1. The topological polar surface area (TPSA) is 98.3 Å². The third kappa shape index (κ3) is 3.45. The molecule has 3 aromatic rings. The number of ether oxygens (including phenoxy) is 2. The molecule has 0 saturated carbocycles. The highest BCUT2D eigenvalue weighted by atomic mass is 32.2. The summed E-state index contributed by atoms with van der Waals surface area (Å²) in [5, 5.41) is 10.2. The number of thiazole rings is 1. The van der Waals surface area contributed by atoms with Gasteiger partial charge < -0.3 is 15.2 Å². The number of carbonyl (C=O) groups excluding carboxylic acids is 1. The minimum Gasteiger partial charge on any atom is -0.486 e. The summed E-state index contributed by atoms with van der Waals surface area (Å²) in [6.07, 6.45) is 1.95. The average molecular weight is 418 g/mol. The lowest BCUT2D eigenvalue weighted by molar-refractivity contribution is 0.106. The number of thiophene rings is 1. The van der Waals surface area contributed by atoms with Gasteiger partial charge in [0.1, 0.15) is 18.2 Å². The summed E-state index contributed by atoms with van der Waals surface area (Å²) >= 11 is 4.40. The second-order valence-electron chi connectivity index (χ2n) is 5.66. The Morgan fingerprint density at radius 1 is 1.26 bits per heavy atom. The van der Waals surface area contributed by atoms with Crippen molar-refractivity contribution < 1.29 is 14.3 Å². The Labute approximate surface area is 167 Å². The highest BCUT2D eigenvalue weighted by Crippen LogP contribution is 2.41. The zero-order valence-corrected chi connectivity index (χ0v) is 16.7. The van der Waals surface area contributed by atoms with E-state index in [0.717, 1.165) is 37.5 Å². The first-order chi connectivity index (χ1) is 13.1. The molecule has 6 nitrogen and oxygen atoms in total. The number of hydrogen-bond acceptors (Lipinski definition) is 8. The first-order valence-corrected chi connectivity index (χ1v) is 10.9. The van der Waals surface area contributed by atoms with E-state index in [1.165, 1.54) is 22.7 Å². The third-order valence-electron chi connectivity index (χ3n) is 3.92. The summed E-state index contributed by atoms with van der Waals surface area (Å²) in [5.41, 5.74) is 8.02. The van der Waals surface area contributed by atoms with Crippen molar-refractivity contribution in [2.45, 2.75) is 4.21 Å². The molecule has 0 unspecified atom stereocenters. The Morgan fingerprint density at radius 2 is 2.04 bits per heavy atom. The number of hydrogen-bond donors (Lipinski definition) is 2. The molecule has 2 aromatic heterocycles. The van der Waals surface area contributed by atoms with E-state index in [0.29, 0.717) is 18.1 Å². The van der Waals surface area contributed by atoms with E-state index in [4.69, 9.17) is 25.6 Å². The summed E-state index contributed by atoms with van der Waals surface area (Å²) in [6.45, 7) is 1.10. The monoisotopic (exact) mass is 417 g/mol. The molecule has 0 bridgehead atoms. The van der Waals surface area contributed by atoms with Gasteiger partial charge >= 0.3 is 0 Å². The Balaban J connectivity index is 1.69. The molecule has 0 amide bonds. The van der Waals surface area contributed by atoms with Crippen LogP contribution in [0.4, 0.5) is 0 Å². The number of Topliss-reactive ketones (excluding diaryl/α,β-unsaturated/α-hetero) is 1. The highest BCUT2D eigenvalue weighted by Gasteiger charge is 2.20. The molecular weight excluding hydrogens is 402 g/mol. The van der Waals surface area contributed by atoms with Gasteiger partial charge in [0, 0.05) is 16.5 Å². The molecule has 1 aliphatic heterocycles. The molecule has 0 saturated heterocycles. The molecular formula is C18H15N3O3S3. The minimum absolute atomic E-state index is 0.452. The number of nitrogens with zero attached hydrogens (tertiary/aromatic N) is 1. The number of amidine groups is 1. The van der Waals surface area contributed by atoms with Crippen LogP contribution in [0.2, 0.25) is 0 Å². The van der Waals surface area contributed by atoms with Gasteiger partial charge in [-0.05, 0) is 30.5 Å². The van der Waals surface area contributed by atoms with Crippen LogP contribution >= 0.6 is 34.4 Å². The summed E-state index contributed by atoms with van der Waals surface area (Å²) in [6, 6.07) is 7.55. The average Bonchev–Trinajstić information content (AvgIpc) is 3.33. The zero-order valence-electron chi connectivity index (χ0n) is 14.3. The number of ketones is 1. The quantitative estimate of drug-likeness (QED) is 0.280. The number of benzene rings is 1. The number of rotatable bonds is 5. The van der Waals surface area contributed by atoms with Crippen LogP contribution in [0.15, 0.2) is 33.9 Å². The molecule has 1 aliphatic rings. The van der Waals surface area contributed by atoms with Crippen molar-refractivity contribution in [3.05, 3.63) is 34.5 Å². The van der Waals surface area contributed by atoms with Crippen molar-refractivity contribution in [1.82, 2.24) is 4.98 Å². The summed E-state index contributed by atoms with van der Waals surface area (Å²) < 4.78 is 12.2. The number of nitrogens with two attached hydrogens (primary N) is 1. The summed E-state index contributed by atoms with van der Waals surface area (Å²) in [7, 11) is 0. The Hall–Kier alpha value is -2.36. The van der Waals surface area contributed by atoms with Gasteiger partial charge in [-0.1, -0.05) is 0 Å². The summed E-state index contributed by atoms with van der Waals surface area (Å²) in [5.74, 6) is 0.565. The smallest absolute Gasteiger partial charge is 0.237 e. The molecule has 1 aromatic carbocycles. The predicted octanol–water partition coefficient (Wildman–Crippen LogP) is 4.15. The second kappa shape index (κ2) is 7.34. The molecule has 0 radical (unpaired) electrons. The fourth-order valence-electron chi connectivity index (χ4n) is 2.65. The number of carbonyl (C=O) groups is 1. The molecule has 0 atom stereocenters. The first kappa shape index (κ1) is 18.0. The van der Waals surface area contributed by atoms with Gasteiger partial charge in [0.05, 0.1) is 14.8 Å². The van der Waals surface area contributed by atoms with Crippen LogP contribution in [0.25, 0.3) is 21.8 Å². The van der Waals surface area contributed by atoms with Gasteiger partial charge in [0.2, 0.25) is 5.78 Å². The molecule has 138 valence electrons.